The second-order valence-corrected chi connectivity index (χ2v) is 5.29. The average Bonchev–Trinajstić information content (AvgIpc) is 2.47. The molecule has 0 aromatic heterocycles. The Morgan fingerprint density at radius 2 is 1.95 bits per heavy atom. The summed E-state index contributed by atoms with van der Waals surface area (Å²) in [6.07, 6.45) is 0.936. The van der Waals surface area contributed by atoms with Crippen molar-refractivity contribution >= 4 is 28.8 Å². The van der Waals surface area contributed by atoms with Crippen molar-refractivity contribution in [3.8, 4) is 17.2 Å². The van der Waals surface area contributed by atoms with E-state index in [0.717, 1.165) is 6.42 Å². The second kappa shape index (κ2) is 6.78. The first kappa shape index (κ1) is 15.6. The maximum absolute atomic E-state index is 6.13. The Morgan fingerprint density at radius 3 is 2.52 bits per heavy atom. The van der Waals surface area contributed by atoms with Gasteiger partial charge in [0.25, 0.3) is 0 Å². The zero-order chi connectivity index (χ0) is 15.4. The molecule has 0 saturated carbocycles. The Morgan fingerprint density at radius 1 is 1.19 bits per heavy atom. The fraction of sp³-hybridized carbons (Fsp3) is 0.188. The lowest BCUT2D eigenvalue weighted by molar-refractivity contribution is 0.378. The SMILES string of the molecule is CCc1ccc(Oc2ccc(C(N)=S)c(Cl)c2)c(OC)c1. The van der Waals surface area contributed by atoms with Crippen LogP contribution < -0.4 is 15.2 Å². The van der Waals surface area contributed by atoms with Crippen LogP contribution >= 0.6 is 23.8 Å². The molecule has 0 aliphatic carbocycles. The van der Waals surface area contributed by atoms with Crippen LogP contribution in [0.25, 0.3) is 0 Å². The van der Waals surface area contributed by atoms with E-state index in [2.05, 4.69) is 6.92 Å². The maximum atomic E-state index is 6.13. The molecule has 0 spiro atoms. The van der Waals surface area contributed by atoms with E-state index in [9.17, 15) is 0 Å². The molecule has 2 aromatic carbocycles. The van der Waals surface area contributed by atoms with Crippen molar-refractivity contribution < 1.29 is 9.47 Å². The van der Waals surface area contributed by atoms with Crippen LogP contribution in [-0.4, -0.2) is 12.1 Å². The Bertz CT molecular complexity index is 673. The van der Waals surface area contributed by atoms with Crippen LogP contribution in [0.5, 0.6) is 17.2 Å². The molecule has 2 N–H and O–H groups in total. The lowest BCUT2D eigenvalue weighted by Gasteiger charge is -2.12. The molecule has 2 rings (SSSR count). The number of nitrogens with two attached hydrogens (primary N) is 1. The molecule has 0 unspecified atom stereocenters. The van der Waals surface area contributed by atoms with E-state index >= 15 is 0 Å². The van der Waals surface area contributed by atoms with Gasteiger partial charge in [0, 0.05) is 11.6 Å². The van der Waals surface area contributed by atoms with E-state index in [1.807, 2.05) is 18.2 Å². The summed E-state index contributed by atoms with van der Waals surface area (Å²) in [6.45, 7) is 2.09. The second-order valence-electron chi connectivity index (χ2n) is 4.45. The van der Waals surface area contributed by atoms with Crippen molar-refractivity contribution in [2.75, 3.05) is 7.11 Å². The number of hydrogen-bond donors (Lipinski definition) is 1. The summed E-state index contributed by atoms with van der Waals surface area (Å²) < 4.78 is 11.2. The van der Waals surface area contributed by atoms with Crippen molar-refractivity contribution in [1.82, 2.24) is 0 Å². The zero-order valence-electron chi connectivity index (χ0n) is 11.9. The number of rotatable bonds is 5. The molecule has 2 aromatic rings. The standard InChI is InChI=1S/C16H16ClNO2S/c1-3-10-4-7-14(15(8-10)19-2)20-11-5-6-12(16(18)21)13(17)9-11/h4-9H,3H2,1-2H3,(H2,18,21). The van der Waals surface area contributed by atoms with Crippen LogP contribution in [0.15, 0.2) is 36.4 Å². The Balaban J connectivity index is 2.30. The van der Waals surface area contributed by atoms with Gasteiger partial charge in [0.05, 0.1) is 12.1 Å². The van der Waals surface area contributed by atoms with Gasteiger partial charge in [0.1, 0.15) is 10.7 Å². The summed E-state index contributed by atoms with van der Waals surface area (Å²) in [6, 6.07) is 11.0. The first-order valence-electron chi connectivity index (χ1n) is 6.49. The average molecular weight is 322 g/mol. The Kier molecular flexibility index (Phi) is 5.04. The van der Waals surface area contributed by atoms with E-state index in [0.29, 0.717) is 27.8 Å². The summed E-state index contributed by atoms with van der Waals surface area (Å²) in [5.41, 5.74) is 7.39. The Hall–Kier alpha value is -1.78. The molecule has 0 aliphatic heterocycles. The van der Waals surface area contributed by atoms with Gasteiger partial charge < -0.3 is 15.2 Å². The molecule has 0 aliphatic rings. The van der Waals surface area contributed by atoms with Crippen LogP contribution in [0.2, 0.25) is 5.02 Å². The number of aryl methyl sites for hydroxylation is 1. The number of ether oxygens (including phenoxy) is 2. The number of benzene rings is 2. The van der Waals surface area contributed by atoms with Gasteiger partial charge in [-0.15, -0.1) is 0 Å². The quantitative estimate of drug-likeness (QED) is 0.832. The molecule has 0 heterocycles. The van der Waals surface area contributed by atoms with E-state index in [1.54, 1.807) is 25.3 Å². The van der Waals surface area contributed by atoms with E-state index in [1.165, 1.54) is 5.56 Å². The van der Waals surface area contributed by atoms with Gasteiger partial charge in [-0.1, -0.05) is 36.8 Å². The molecule has 0 radical (unpaired) electrons. The first-order chi connectivity index (χ1) is 10.0. The predicted octanol–water partition coefficient (Wildman–Crippen LogP) is 4.34. The summed E-state index contributed by atoms with van der Waals surface area (Å²) in [4.78, 5) is 0.261. The van der Waals surface area contributed by atoms with Gasteiger partial charge >= 0.3 is 0 Å². The van der Waals surface area contributed by atoms with Crippen LogP contribution in [0, 0.1) is 0 Å². The van der Waals surface area contributed by atoms with Gasteiger partial charge in [-0.05, 0) is 36.2 Å². The highest BCUT2D eigenvalue weighted by atomic mass is 35.5. The van der Waals surface area contributed by atoms with Crippen LogP contribution in [0.3, 0.4) is 0 Å². The molecule has 110 valence electrons. The minimum absolute atomic E-state index is 0.261. The highest BCUT2D eigenvalue weighted by Crippen LogP contribution is 2.34. The third kappa shape index (κ3) is 3.65. The summed E-state index contributed by atoms with van der Waals surface area (Å²) >= 11 is 11.1. The lowest BCUT2D eigenvalue weighted by atomic mass is 10.1. The Labute approximate surface area is 134 Å². The minimum atomic E-state index is 0.261. The topological polar surface area (TPSA) is 44.5 Å². The van der Waals surface area contributed by atoms with Crippen molar-refractivity contribution in [3.63, 3.8) is 0 Å². The first-order valence-corrected chi connectivity index (χ1v) is 7.28. The fourth-order valence-electron chi connectivity index (χ4n) is 1.90. The monoisotopic (exact) mass is 321 g/mol. The van der Waals surface area contributed by atoms with Crippen molar-refractivity contribution in [1.29, 1.82) is 0 Å². The zero-order valence-corrected chi connectivity index (χ0v) is 13.4. The van der Waals surface area contributed by atoms with Gasteiger partial charge in [-0.3, -0.25) is 0 Å². The van der Waals surface area contributed by atoms with Crippen molar-refractivity contribution in [2.45, 2.75) is 13.3 Å². The molecule has 21 heavy (non-hydrogen) atoms. The molecule has 0 saturated heterocycles. The molecule has 3 nitrogen and oxygen atoms in total. The molecule has 0 amide bonds. The highest BCUT2D eigenvalue weighted by Gasteiger charge is 2.09. The van der Waals surface area contributed by atoms with E-state index < -0.39 is 0 Å². The summed E-state index contributed by atoms with van der Waals surface area (Å²) in [5.74, 6) is 1.92. The van der Waals surface area contributed by atoms with E-state index in [-0.39, 0.29) is 4.99 Å². The van der Waals surface area contributed by atoms with E-state index in [4.69, 9.17) is 39.0 Å². The van der Waals surface area contributed by atoms with Gasteiger partial charge in [-0.2, -0.15) is 0 Å². The third-order valence-corrected chi connectivity index (χ3v) is 3.60. The molecular weight excluding hydrogens is 306 g/mol. The highest BCUT2D eigenvalue weighted by molar-refractivity contribution is 7.80. The number of methoxy groups -OCH3 is 1. The smallest absolute Gasteiger partial charge is 0.169 e. The van der Waals surface area contributed by atoms with Crippen LogP contribution in [0.4, 0.5) is 0 Å². The van der Waals surface area contributed by atoms with Crippen LogP contribution in [-0.2, 0) is 6.42 Å². The lowest BCUT2D eigenvalue weighted by Crippen LogP contribution is -2.09. The van der Waals surface area contributed by atoms with Gasteiger partial charge in [-0.25, -0.2) is 0 Å². The molecule has 5 heteroatoms. The van der Waals surface area contributed by atoms with Gasteiger partial charge in [0.15, 0.2) is 11.5 Å². The molecule has 0 fully saturated rings. The van der Waals surface area contributed by atoms with Crippen molar-refractivity contribution in [3.05, 3.63) is 52.5 Å². The maximum Gasteiger partial charge on any atom is 0.169 e. The molecule has 0 atom stereocenters. The van der Waals surface area contributed by atoms with Crippen molar-refractivity contribution in [2.24, 2.45) is 5.73 Å². The third-order valence-electron chi connectivity index (χ3n) is 3.07. The summed E-state index contributed by atoms with van der Waals surface area (Å²) in [7, 11) is 1.62. The number of halogens is 1. The fourth-order valence-corrected chi connectivity index (χ4v) is 2.41. The summed E-state index contributed by atoms with van der Waals surface area (Å²) in [5, 5.41) is 0.462. The largest absolute Gasteiger partial charge is 0.493 e. The molecule has 0 bridgehead atoms. The number of hydrogen-bond acceptors (Lipinski definition) is 3. The van der Waals surface area contributed by atoms with Crippen LogP contribution in [0.1, 0.15) is 18.1 Å². The normalized spacial score (nSPS) is 10.2. The molecular formula is C16H16ClNO2S. The van der Waals surface area contributed by atoms with Gasteiger partial charge in [0.2, 0.25) is 0 Å². The minimum Gasteiger partial charge on any atom is -0.493 e. The number of thiocarbonyl (C=S) groups is 1. The predicted molar refractivity (Wildman–Crippen MR) is 89.8 cm³/mol.